The molecule has 31 heavy (non-hydrogen) atoms. The van der Waals surface area contributed by atoms with Crippen LogP contribution < -0.4 is 0 Å². The highest BCUT2D eigenvalue weighted by atomic mass is 32.3. The zero-order valence-electron chi connectivity index (χ0n) is 20.4. The Morgan fingerprint density at radius 2 is 0.935 bits per heavy atom. The average Bonchev–Trinajstić information content (AvgIpc) is 2.75. The van der Waals surface area contributed by atoms with E-state index >= 15 is 0 Å². The van der Waals surface area contributed by atoms with Gasteiger partial charge in [-0.3, -0.25) is 0 Å². The van der Waals surface area contributed by atoms with Crippen LogP contribution in [0.3, 0.4) is 0 Å². The minimum atomic E-state index is -4.09. The van der Waals surface area contributed by atoms with Gasteiger partial charge in [0, 0.05) is 6.61 Å². The molecule has 0 aromatic carbocycles. The van der Waals surface area contributed by atoms with Gasteiger partial charge in [0.25, 0.3) is 0 Å². The molecule has 7 heteroatoms. The lowest BCUT2D eigenvalue weighted by molar-refractivity contribution is -0.210. The molecule has 0 amide bonds. The lowest BCUT2D eigenvalue weighted by atomic mass is 10.0. The quantitative estimate of drug-likeness (QED) is 0.0758. The number of rotatable bonds is 26. The molecule has 188 valence electrons. The molecule has 0 N–H and O–H groups in total. The maximum Gasteiger partial charge on any atom is 0.426 e. The highest BCUT2D eigenvalue weighted by Gasteiger charge is 2.12. The van der Waals surface area contributed by atoms with Gasteiger partial charge in [0.1, 0.15) is 0 Å². The zero-order valence-corrected chi connectivity index (χ0v) is 21.2. The Morgan fingerprint density at radius 1 is 0.516 bits per heavy atom. The van der Waals surface area contributed by atoms with Crippen molar-refractivity contribution in [3.8, 4) is 0 Å². The first-order valence-electron chi connectivity index (χ1n) is 12.9. The Kier molecular flexibility index (Phi) is 24.3. The molecule has 0 radical (unpaired) electrons. The molecule has 0 unspecified atom stereocenters. The highest BCUT2D eigenvalue weighted by Crippen LogP contribution is 2.14. The molecule has 0 aliphatic carbocycles. The Bertz CT molecular complexity index is 441. The molecule has 0 bridgehead atoms. The van der Waals surface area contributed by atoms with E-state index in [0.29, 0.717) is 6.61 Å². The summed E-state index contributed by atoms with van der Waals surface area (Å²) in [6.45, 7) is 5.01. The van der Waals surface area contributed by atoms with Gasteiger partial charge in [0.15, 0.2) is 0 Å². The second-order valence-corrected chi connectivity index (χ2v) is 9.52. The van der Waals surface area contributed by atoms with E-state index in [1.807, 2.05) is 6.92 Å². The fraction of sp³-hybridized carbons (Fsp3) is 1.00. The van der Waals surface area contributed by atoms with Crippen LogP contribution >= 0.6 is 0 Å². The molecule has 0 aliphatic heterocycles. The van der Waals surface area contributed by atoms with Gasteiger partial charge in [0.2, 0.25) is 0 Å². The van der Waals surface area contributed by atoms with E-state index in [2.05, 4.69) is 15.4 Å². The van der Waals surface area contributed by atoms with Gasteiger partial charge >= 0.3 is 10.4 Å². The largest absolute Gasteiger partial charge is 0.426 e. The summed E-state index contributed by atoms with van der Waals surface area (Å²) in [7, 11) is -4.09. The molecular weight excluding hydrogens is 416 g/mol. The van der Waals surface area contributed by atoms with Gasteiger partial charge in [-0.05, 0) is 13.3 Å². The standard InChI is InChI=1S/C24H50O6S/c1-3-5-6-7-8-9-10-11-12-13-14-15-16-17-18-19-20-21-22-28-30-31(25,26)29-24-23-27-4-2/h3-24H2,1-2H3. The molecule has 0 aromatic heterocycles. The Labute approximate surface area is 193 Å². The lowest BCUT2D eigenvalue weighted by Gasteiger charge is -2.06. The maximum atomic E-state index is 11.4. The van der Waals surface area contributed by atoms with E-state index in [-0.39, 0.29) is 19.8 Å². The first kappa shape index (κ1) is 30.8. The van der Waals surface area contributed by atoms with Crippen molar-refractivity contribution in [1.29, 1.82) is 0 Å². The number of hydrogen-bond donors (Lipinski definition) is 0. The zero-order chi connectivity index (χ0) is 22.9. The summed E-state index contributed by atoms with van der Waals surface area (Å²) in [5.74, 6) is 0. The van der Waals surface area contributed by atoms with Crippen LogP contribution in [0.1, 0.15) is 129 Å². The summed E-state index contributed by atoms with van der Waals surface area (Å²) in [6.07, 6.45) is 23.6. The molecule has 0 spiro atoms. The smallest absolute Gasteiger partial charge is 0.379 e. The Morgan fingerprint density at radius 3 is 1.35 bits per heavy atom. The van der Waals surface area contributed by atoms with Crippen molar-refractivity contribution in [2.75, 3.05) is 26.4 Å². The summed E-state index contributed by atoms with van der Waals surface area (Å²) < 4.78 is 36.6. The summed E-state index contributed by atoms with van der Waals surface area (Å²) in [6, 6.07) is 0. The minimum absolute atomic E-state index is 0.0707. The van der Waals surface area contributed by atoms with Crippen molar-refractivity contribution in [3.63, 3.8) is 0 Å². The Balaban J connectivity index is 3.18. The molecule has 0 heterocycles. The fourth-order valence-electron chi connectivity index (χ4n) is 3.51. The van der Waals surface area contributed by atoms with Crippen molar-refractivity contribution in [3.05, 3.63) is 0 Å². The number of unbranched alkanes of at least 4 members (excludes halogenated alkanes) is 17. The van der Waals surface area contributed by atoms with Gasteiger partial charge in [-0.2, -0.15) is 8.42 Å². The topological polar surface area (TPSA) is 71.1 Å². The molecule has 0 atom stereocenters. The molecule has 0 saturated carbocycles. The van der Waals surface area contributed by atoms with Crippen LogP contribution in [0.25, 0.3) is 0 Å². The monoisotopic (exact) mass is 466 g/mol. The SMILES string of the molecule is CCCCCCCCCCCCCCCCCCCCOOS(=O)(=O)OCCOCC. The molecule has 0 aromatic rings. The third-order valence-electron chi connectivity index (χ3n) is 5.37. The van der Waals surface area contributed by atoms with E-state index in [1.165, 1.54) is 96.3 Å². The molecule has 0 aliphatic rings. The van der Waals surface area contributed by atoms with Crippen LogP contribution in [0.15, 0.2) is 0 Å². The Hall–Kier alpha value is -0.210. The van der Waals surface area contributed by atoms with Crippen molar-refractivity contribution in [1.82, 2.24) is 0 Å². The van der Waals surface area contributed by atoms with E-state index in [4.69, 9.17) is 9.62 Å². The molecule has 0 rings (SSSR count). The molecule has 0 fully saturated rings. The summed E-state index contributed by atoms with van der Waals surface area (Å²) >= 11 is 0. The van der Waals surface area contributed by atoms with Gasteiger partial charge in [0.05, 0.1) is 19.8 Å². The van der Waals surface area contributed by atoms with Crippen LogP contribution in [-0.4, -0.2) is 34.8 Å². The lowest BCUT2D eigenvalue weighted by Crippen LogP contribution is -2.14. The first-order chi connectivity index (χ1) is 15.1. The van der Waals surface area contributed by atoms with Crippen LogP contribution in [0.5, 0.6) is 0 Å². The van der Waals surface area contributed by atoms with E-state index in [9.17, 15) is 8.42 Å². The van der Waals surface area contributed by atoms with Crippen molar-refractivity contribution < 1.29 is 26.6 Å². The fourth-order valence-corrected chi connectivity index (χ4v) is 4.01. The van der Waals surface area contributed by atoms with Crippen LogP contribution in [-0.2, 0) is 28.5 Å². The second-order valence-electron chi connectivity index (χ2n) is 8.33. The van der Waals surface area contributed by atoms with E-state index in [0.717, 1.165) is 19.3 Å². The third kappa shape index (κ3) is 25.9. The maximum absolute atomic E-state index is 11.4. The molecule has 6 nitrogen and oxygen atoms in total. The van der Waals surface area contributed by atoms with Crippen LogP contribution in [0.2, 0.25) is 0 Å². The molecular formula is C24H50O6S. The van der Waals surface area contributed by atoms with E-state index < -0.39 is 10.4 Å². The molecule has 0 saturated heterocycles. The predicted octanol–water partition coefficient (Wildman–Crippen LogP) is 7.27. The summed E-state index contributed by atoms with van der Waals surface area (Å²) in [4.78, 5) is 4.73. The van der Waals surface area contributed by atoms with Crippen LogP contribution in [0.4, 0.5) is 0 Å². The second kappa shape index (κ2) is 24.4. The van der Waals surface area contributed by atoms with Crippen molar-refractivity contribution in [2.45, 2.75) is 129 Å². The third-order valence-corrected chi connectivity index (χ3v) is 6.09. The van der Waals surface area contributed by atoms with Crippen LogP contribution in [0, 0.1) is 0 Å². The van der Waals surface area contributed by atoms with E-state index in [1.54, 1.807) is 0 Å². The minimum Gasteiger partial charge on any atom is -0.379 e. The summed E-state index contributed by atoms with van der Waals surface area (Å²) in [5, 5.41) is 0. The average molecular weight is 467 g/mol. The highest BCUT2D eigenvalue weighted by molar-refractivity contribution is 7.81. The van der Waals surface area contributed by atoms with Crippen molar-refractivity contribution in [2.24, 2.45) is 0 Å². The van der Waals surface area contributed by atoms with Crippen molar-refractivity contribution >= 4 is 10.4 Å². The van der Waals surface area contributed by atoms with Gasteiger partial charge in [-0.1, -0.05) is 120 Å². The number of hydrogen-bond acceptors (Lipinski definition) is 6. The van der Waals surface area contributed by atoms with Gasteiger partial charge < -0.3 is 4.74 Å². The number of ether oxygens (including phenoxy) is 1. The summed E-state index contributed by atoms with van der Waals surface area (Å²) in [5.41, 5.74) is 0. The van der Waals surface area contributed by atoms with Gasteiger partial charge in [-0.15, -0.1) is 0 Å². The predicted molar refractivity (Wildman–Crippen MR) is 127 cm³/mol. The normalized spacial score (nSPS) is 11.9. The first-order valence-corrected chi connectivity index (χ1v) is 14.2. The van der Waals surface area contributed by atoms with Gasteiger partial charge in [-0.25, -0.2) is 9.07 Å².